The number of amidine groups is 1. The second kappa shape index (κ2) is 9.49. The van der Waals surface area contributed by atoms with Gasteiger partial charge in [0.2, 0.25) is 0 Å². The van der Waals surface area contributed by atoms with Crippen molar-refractivity contribution in [1.82, 2.24) is 4.90 Å². The van der Waals surface area contributed by atoms with Gasteiger partial charge in [0, 0.05) is 18.7 Å². The molecule has 0 radical (unpaired) electrons. The van der Waals surface area contributed by atoms with E-state index in [1.807, 2.05) is 12.1 Å². The molecule has 2 aromatic rings. The van der Waals surface area contributed by atoms with E-state index in [2.05, 4.69) is 4.99 Å². The van der Waals surface area contributed by atoms with E-state index in [1.165, 1.54) is 16.7 Å². The fraction of sp³-hybridized carbons (Fsp3) is 0.227. The van der Waals surface area contributed by atoms with Crippen LogP contribution in [0.3, 0.4) is 0 Å². The minimum atomic E-state index is -0.377. The van der Waals surface area contributed by atoms with Crippen LogP contribution in [-0.2, 0) is 9.53 Å². The minimum Gasteiger partial charge on any atom is -0.497 e. The number of rotatable bonds is 6. The maximum Gasteiger partial charge on any atom is 0.338 e. The topological polar surface area (TPSA) is 77.4 Å². The number of esters is 1. The Hall–Kier alpha value is -3.26. The molecule has 0 N–H and O–H groups in total. The lowest BCUT2D eigenvalue weighted by Crippen LogP contribution is -2.23. The Bertz CT molecular complexity index is 1010. The van der Waals surface area contributed by atoms with Crippen LogP contribution < -0.4 is 9.47 Å². The first-order valence-electron chi connectivity index (χ1n) is 9.22. The molecule has 1 amide bonds. The van der Waals surface area contributed by atoms with Crippen LogP contribution in [0.4, 0.5) is 5.69 Å². The summed E-state index contributed by atoms with van der Waals surface area (Å²) < 4.78 is 15.6. The second-order valence-electron chi connectivity index (χ2n) is 6.24. The third kappa shape index (κ3) is 4.65. The Kier molecular flexibility index (Phi) is 6.79. The molecule has 3 rings (SSSR count). The average Bonchev–Trinajstić information content (AvgIpc) is 3.02. The van der Waals surface area contributed by atoms with E-state index >= 15 is 0 Å². The number of ether oxygens (including phenoxy) is 3. The monoisotopic (exact) mass is 426 g/mol. The molecule has 7 nitrogen and oxygen atoms in total. The molecule has 1 heterocycles. The molecule has 0 bridgehead atoms. The van der Waals surface area contributed by atoms with Gasteiger partial charge in [0.05, 0.1) is 37.0 Å². The van der Waals surface area contributed by atoms with Crippen LogP contribution in [0, 0.1) is 0 Å². The minimum absolute atomic E-state index is 0.153. The summed E-state index contributed by atoms with van der Waals surface area (Å²) in [5.74, 6) is 0.751. The number of amides is 1. The van der Waals surface area contributed by atoms with E-state index in [0.29, 0.717) is 39.4 Å². The number of aliphatic imine (C=N–C) groups is 1. The predicted molar refractivity (Wildman–Crippen MR) is 117 cm³/mol. The van der Waals surface area contributed by atoms with E-state index in [4.69, 9.17) is 14.2 Å². The summed E-state index contributed by atoms with van der Waals surface area (Å²) in [6.45, 7) is 2.08. The van der Waals surface area contributed by atoms with Gasteiger partial charge in [-0.1, -0.05) is 0 Å². The predicted octanol–water partition coefficient (Wildman–Crippen LogP) is 4.11. The third-order valence-electron chi connectivity index (χ3n) is 4.33. The van der Waals surface area contributed by atoms with Gasteiger partial charge < -0.3 is 14.2 Å². The van der Waals surface area contributed by atoms with E-state index < -0.39 is 0 Å². The molecule has 0 atom stereocenters. The van der Waals surface area contributed by atoms with Crippen molar-refractivity contribution in [3.63, 3.8) is 0 Å². The van der Waals surface area contributed by atoms with E-state index in [-0.39, 0.29) is 11.9 Å². The lowest BCUT2D eigenvalue weighted by molar-refractivity contribution is -0.121. The lowest BCUT2D eigenvalue weighted by atomic mass is 10.1. The normalized spacial score (nSPS) is 16.3. The zero-order valence-electron chi connectivity index (χ0n) is 17.2. The maximum atomic E-state index is 12.7. The van der Waals surface area contributed by atoms with Crippen molar-refractivity contribution in [2.75, 3.05) is 27.9 Å². The van der Waals surface area contributed by atoms with Crippen molar-refractivity contribution in [3.05, 3.63) is 58.5 Å². The smallest absolute Gasteiger partial charge is 0.338 e. The zero-order valence-corrected chi connectivity index (χ0v) is 18.0. The van der Waals surface area contributed by atoms with Crippen molar-refractivity contribution in [2.24, 2.45) is 4.99 Å². The van der Waals surface area contributed by atoms with Gasteiger partial charge in [0.15, 0.2) is 5.17 Å². The number of methoxy groups -OCH3 is 2. The van der Waals surface area contributed by atoms with E-state index in [1.54, 1.807) is 64.6 Å². The van der Waals surface area contributed by atoms with Gasteiger partial charge >= 0.3 is 5.97 Å². The largest absolute Gasteiger partial charge is 0.497 e. The van der Waals surface area contributed by atoms with Gasteiger partial charge in [-0.2, -0.15) is 0 Å². The summed E-state index contributed by atoms with van der Waals surface area (Å²) in [4.78, 5) is 31.0. The Morgan fingerprint density at radius 2 is 1.87 bits per heavy atom. The lowest BCUT2D eigenvalue weighted by Gasteiger charge is -2.08. The van der Waals surface area contributed by atoms with E-state index in [9.17, 15) is 9.59 Å². The number of carbonyl (C=O) groups excluding carboxylic acids is 2. The third-order valence-corrected chi connectivity index (χ3v) is 5.39. The van der Waals surface area contributed by atoms with Crippen LogP contribution in [0.5, 0.6) is 11.5 Å². The first kappa shape index (κ1) is 21.4. The molecule has 30 heavy (non-hydrogen) atoms. The molecule has 2 aromatic carbocycles. The summed E-state index contributed by atoms with van der Waals surface area (Å²) in [7, 11) is 4.83. The summed E-state index contributed by atoms with van der Waals surface area (Å²) in [5.41, 5.74) is 1.85. The molecule has 8 heteroatoms. The molecule has 0 spiro atoms. The SMILES string of the molecule is CCOC(=O)c1ccc(N=C2S/C(=C/c3ccc(OC)cc3OC)C(=O)N2C)cc1. The number of carbonyl (C=O) groups is 2. The molecule has 0 saturated carbocycles. The first-order chi connectivity index (χ1) is 14.5. The highest BCUT2D eigenvalue weighted by molar-refractivity contribution is 8.18. The molecule has 1 aliphatic heterocycles. The Morgan fingerprint density at radius 1 is 1.13 bits per heavy atom. The van der Waals surface area contributed by atoms with Crippen molar-refractivity contribution in [2.45, 2.75) is 6.92 Å². The van der Waals surface area contributed by atoms with Crippen molar-refractivity contribution < 1.29 is 23.8 Å². The van der Waals surface area contributed by atoms with Gasteiger partial charge in [0.25, 0.3) is 5.91 Å². The van der Waals surface area contributed by atoms with Gasteiger partial charge in [-0.15, -0.1) is 0 Å². The molecule has 0 aromatic heterocycles. The molecular weight excluding hydrogens is 404 g/mol. The van der Waals surface area contributed by atoms with Crippen LogP contribution in [0.15, 0.2) is 52.4 Å². The Labute approximate surface area is 179 Å². The highest BCUT2D eigenvalue weighted by Gasteiger charge is 2.30. The Morgan fingerprint density at radius 3 is 2.50 bits per heavy atom. The molecule has 0 unspecified atom stereocenters. The van der Waals surface area contributed by atoms with Crippen LogP contribution in [0.25, 0.3) is 6.08 Å². The highest BCUT2D eigenvalue weighted by Crippen LogP contribution is 2.35. The number of hydrogen-bond donors (Lipinski definition) is 0. The van der Waals surface area contributed by atoms with Crippen molar-refractivity contribution >= 4 is 40.6 Å². The summed E-state index contributed by atoms with van der Waals surface area (Å²) in [6.07, 6.45) is 1.77. The van der Waals surface area contributed by atoms with Crippen LogP contribution >= 0.6 is 11.8 Å². The molecule has 1 saturated heterocycles. The molecule has 1 fully saturated rings. The number of benzene rings is 2. The van der Waals surface area contributed by atoms with Gasteiger partial charge in [-0.3, -0.25) is 9.69 Å². The van der Waals surface area contributed by atoms with Crippen LogP contribution in [0.1, 0.15) is 22.8 Å². The molecule has 156 valence electrons. The van der Waals surface area contributed by atoms with Crippen LogP contribution in [0.2, 0.25) is 0 Å². The van der Waals surface area contributed by atoms with Gasteiger partial charge in [-0.25, -0.2) is 9.79 Å². The number of thioether (sulfide) groups is 1. The first-order valence-corrected chi connectivity index (χ1v) is 10.0. The molecule has 1 aliphatic rings. The fourth-order valence-electron chi connectivity index (χ4n) is 2.73. The summed E-state index contributed by atoms with van der Waals surface area (Å²) in [5, 5.41) is 0.544. The number of nitrogens with zero attached hydrogens (tertiary/aromatic N) is 2. The average molecular weight is 426 g/mol. The van der Waals surface area contributed by atoms with Gasteiger partial charge in [0.1, 0.15) is 11.5 Å². The highest BCUT2D eigenvalue weighted by atomic mass is 32.2. The van der Waals surface area contributed by atoms with E-state index in [0.717, 1.165) is 5.56 Å². The molecule has 0 aliphatic carbocycles. The van der Waals surface area contributed by atoms with Crippen molar-refractivity contribution in [1.29, 1.82) is 0 Å². The summed E-state index contributed by atoms with van der Waals surface area (Å²) >= 11 is 1.27. The maximum absolute atomic E-state index is 12.7. The van der Waals surface area contributed by atoms with Gasteiger partial charge in [-0.05, 0) is 61.2 Å². The standard InChI is InChI=1S/C22H22N2O5S/c1-5-29-21(26)14-6-9-16(10-7-14)23-22-24(2)20(25)19(30-22)12-15-8-11-17(27-3)13-18(15)28-4/h6-13H,5H2,1-4H3/b19-12+,23-22?. The number of hydrogen-bond acceptors (Lipinski definition) is 7. The fourth-order valence-corrected chi connectivity index (χ4v) is 3.71. The second-order valence-corrected chi connectivity index (χ2v) is 7.25. The van der Waals surface area contributed by atoms with Crippen molar-refractivity contribution in [3.8, 4) is 11.5 Å². The Balaban J connectivity index is 1.84. The number of likely N-dealkylation sites (N-methyl/N-ethyl adjacent to an activating group) is 1. The quantitative estimate of drug-likeness (QED) is 0.511. The summed E-state index contributed by atoms with van der Waals surface area (Å²) in [6, 6.07) is 12.1. The zero-order chi connectivity index (χ0) is 21.7. The molecular formula is C22H22N2O5S. The van der Waals surface area contributed by atoms with Crippen LogP contribution in [-0.4, -0.2) is 49.8 Å².